The zero-order valence-electron chi connectivity index (χ0n) is 18.3. The second-order valence-electron chi connectivity index (χ2n) is 9.07. The molecule has 1 aliphatic carbocycles. The number of benzene rings is 1. The maximum absolute atomic E-state index is 13.5. The van der Waals surface area contributed by atoms with Crippen LogP contribution in [-0.4, -0.2) is 49.0 Å². The number of carbonyl (C=O) groups is 1. The fraction of sp³-hybridized carbons (Fsp3) is 0.308. The first kappa shape index (κ1) is 20.1. The maximum atomic E-state index is 13.5. The molecule has 7 heteroatoms. The molecule has 6 rings (SSSR count). The monoisotopic (exact) mass is 438 g/mol. The third kappa shape index (κ3) is 3.49. The number of likely N-dealkylation sites (tertiary alicyclic amines) is 1. The van der Waals surface area contributed by atoms with Crippen LogP contribution in [0.25, 0.3) is 28.2 Å². The number of pyridine rings is 1. The SMILES string of the molecule is N[C@H]1CC[C@H]2CCCN(C(=O)c3ccnc(-c4cnn5ccc(-c6ccccc6)nc45)c3)[C@H]21. The van der Waals surface area contributed by atoms with Gasteiger partial charge in [0.2, 0.25) is 0 Å². The van der Waals surface area contributed by atoms with Crippen molar-refractivity contribution in [2.75, 3.05) is 6.54 Å². The van der Waals surface area contributed by atoms with E-state index in [1.54, 1.807) is 23.0 Å². The van der Waals surface area contributed by atoms with Crippen molar-refractivity contribution in [1.82, 2.24) is 24.5 Å². The smallest absolute Gasteiger partial charge is 0.254 e. The minimum Gasteiger partial charge on any atom is -0.334 e. The minimum atomic E-state index is 0.0418. The number of piperidine rings is 1. The molecule has 0 spiro atoms. The first-order valence-corrected chi connectivity index (χ1v) is 11.6. The molecule has 1 saturated heterocycles. The van der Waals surface area contributed by atoms with Crippen LogP contribution < -0.4 is 5.73 Å². The highest BCUT2D eigenvalue weighted by Gasteiger charge is 2.42. The summed E-state index contributed by atoms with van der Waals surface area (Å²) < 4.78 is 1.74. The predicted octanol–water partition coefficient (Wildman–Crippen LogP) is 3.80. The van der Waals surface area contributed by atoms with E-state index in [1.807, 2.05) is 53.6 Å². The van der Waals surface area contributed by atoms with Crippen molar-refractivity contribution >= 4 is 11.6 Å². The van der Waals surface area contributed by atoms with Gasteiger partial charge in [-0.1, -0.05) is 30.3 Å². The molecule has 2 fully saturated rings. The van der Waals surface area contributed by atoms with Gasteiger partial charge in [0.05, 0.1) is 23.1 Å². The van der Waals surface area contributed by atoms with Gasteiger partial charge in [0.15, 0.2) is 5.65 Å². The molecular weight excluding hydrogens is 412 g/mol. The fourth-order valence-corrected chi connectivity index (χ4v) is 5.50. The van der Waals surface area contributed by atoms with Crippen molar-refractivity contribution in [3.8, 4) is 22.5 Å². The number of hydrogen-bond donors (Lipinski definition) is 1. The zero-order chi connectivity index (χ0) is 22.4. The van der Waals surface area contributed by atoms with E-state index in [0.717, 1.165) is 42.6 Å². The quantitative estimate of drug-likeness (QED) is 0.526. The van der Waals surface area contributed by atoms with Crippen LogP contribution in [0.3, 0.4) is 0 Å². The summed E-state index contributed by atoms with van der Waals surface area (Å²) in [4.78, 5) is 24.9. The van der Waals surface area contributed by atoms with Crippen LogP contribution >= 0.6 is 0 Å². The molecule has 4 aromatic rings. The van der Waals surface area contributed by atoms with Crippen molar-refractivity contribution < 1.29 is 4.79 Å². The van der Waals surface area contributed by atoms with Crippen molar-refractivity contribution in [2.24, 2.45) is 11.7 Å². The van der Waals surface area contributed by atoms with Gasteiger partial charge in [0, 0.05) is 42.1 Å². The average molecular weight is 439 g/mol. The summed E-state index contributed by atoms with van der Waals surface area (Å²) in [6.07, 6.45) is 9.69. The molecule has 3 atom stereocenters. The molecule has 1 aliphatic heterocycles. The van der Waals surface area contributed by atoms with E-state index in [4.69, 9.17) is 10.7 Å². The molecule has 7 nitrogen and oxygen atoms in total. The lowest BCUT2D eigenvalue weighted by Gasteiger charge is -2.39. The molecule has 1 amide bonds. The van der Waals surface area contributed by atoms with Gasteiger partial charge in [0.1, 0.15) is 0 Å². The van der Waals surface area contributed by atoms with Crippen LogP contribution in [0.5, 0.6) is 0 Å². The van der Waals surface area contributed by atoms with Gasteiger partial charge in [0.25, 0.3) is 5.91 Å². The molecule has 0 unspecified atom stereocenters. The van der Waals surface area contributed by atoms with Gasteiger partial charge >= 0.3 is 0 Å². The minimum absolute atomic E-state index is 0.0418. The molecule has 2 aliphatic rings. The van der Waals surface area contributed by atoms with Gasteiger partial charge in [-0.05, 0) is 49.8 Å². The van der Waals surface area contributed by atoms with Crippen LogP contribution in [0.2, 0.25) is 0 Å². The Kier molecular flexibility index (Phi) is 4.91. The number of nitrogens with two attached hydrogens (primary N) is 1. The Bertz CT molecular complexity index is 1310. The Morgan fingerprint density at radius 1 is 1.03 bits per heavy atom. The number of amides is 1. The topological polar surface area (TPSA) is 89.4 Å². The maximum Gasteiger partial charge on any atom is 0.254 e. The summed E-state index contributed by atoms with van der Waals surface area (Å²) in [5, 5.41) is 4.45. The Morgan fingerprint density at radius 2 is 1.91 bits per heavy atom. The lowest BCUT2D eigenvalue weighted by atomic mass is 9.90. The van der Waals surface area contributed by atoms with Crippen LogP contribution in [0.4, 0.5) is 0 Å². The molecular formula is C26H26N6O. The Hall–Kier alpha value is -3.58. The van der Waals surface area contributed by atoms with Crippen molar-refractivity contribution in [2.45, 2.75) is 37.8 Å². The Morgan fingerprint density at radius 3 is 2.79 bits per heavy atom. The molecule has 166 valence electrons. The molecule has 1 saturated carbocycles. The highest BCUT2D eigenvalue weighted by atomic mass is 16.2. The van der Waals surface area contributed by atoms with E-state index in [9.17, 15) is 4.79 Å². The van der Waals surface area contributed by atoms with Gasteiger partial charge in [-0.3, -0.25) is 9.78 Å². The standard InChI is InChI=1S/C26H26N6O/c27-21-9-8-18-7-4-13-31(24(18)21)26(33)19-10-12-28-23(15-19)20-16-29-32-14-11-22(30-25(20)32)17-5-2-1-3-6-17/h1-3,5-6,10-12,14-16,18,21,24H,4,7-9,13,27H2/t18-,21+,24-/m1/s1. The Labute approximate surface area is 192 Å². The largest absolute Gasteiger partial charge is 0.334 e. The average Bonchev–Trinajstić information content (AvgIpc) is 3.47. The fourth-order valence-electron chi connectivity index (χ4n) is 5.50. The third-order valence-corrected chi connectivity index (χ3v) is 7.11. The summed E-state index contributed by atoms with van der Waals surface area (Å²) in [5.41, 5.74) is 11.2. The lowest BCUT2D eigenvalue weighted by molar-refractivity contribution is 0.0524. The second-order valence-corrected chi connectivity index (χ2v) is 9.07. The van der Waals surface area contributed by atoms with Crippen molar-refractivity contribution in [3.63, 3.8) is 0 Å². The van der Waals surface area contributed by atoms with E-state index < -0.39 is 0 Å². The van der Waals surface area contributed by atoms with Crippen molar-refractivity contribution in [1.29, 1.82) is 0 Å². The Balaban J connectivity index is 1.36. The number of hydrogen-bond acceptors (Lipinski definition) is 5. The third-order valence-electron chi connectivity index (χ3n) is 7.11. The number of aromatic nitrogens is 4. The molecule has 0 radical (unpaired) electrons. The molecule has 3 aromatic heterocycles. The van der Waals surface area contributed by atoms with Crippen LogP contribution in [0, 0.1) is 5.92 Å². The summed E-state index contributed by atoms with van der Waals surface area (Å²) in [5.74, 6) is 0.569. The van der Waals surface area contributed by atoms with Gasteiger partial charge in [-0.15, -0.1) is 0 Å². The second kappa shape index (κ2) is 8.08. The highest BCUT2D eigenvalue weighted by Crippen LogP contribution is 2.37. The van der Waals surface area contributed by atoms with E-state index >= 15 is 0 Å². The van der Waals surface area contributed by atoms with Gasteiger partial charge in [-0.25, -0.2) is 9.50 Å². The van der Waals surface area contributed by atoms with Gasteiger partial charge < -0.3 is 10.6 Å². The summed E-state index contributed by atoms with van der Waals surface area (Å²) >= 11 is 0. The van der Waals surface area contributed by atoms with Crippen molar-refractivity contribution in [3.05, 3.63) is 72.7 Å². The highest BCUT2D eigenvalue weighted by molar-refractivity contribution is 5.96. The zero-order valence-corrected chi connectivity index (χ0v) is 18.3. The summed E-state index contributed by atoms with van der Waals surface area (Å²) in [6.45, 7) is 0.768. The lowest BCUT2D eigenvalue weighted by Crippen LogP contribution is -2.53. The van der Waals surface area contributed by atoms with Gasteiger partial charge in [-0.2, -0.15) is 5.10 Å². The van der Waals surface area contributed by atoms with E-state index in [-0.39, 0.29) is 18.0 Å². The van der Waals surface area contributed by atoms with E-state index in [1.165, 1.54) is 6.42 Å². The molecule has 2 N–H and O–H groups in total. The first-order chi connectivity index (χ1) is 16.2. The number of fused-ring (bicyclic) bond motifs is 2. The molecule has 4 heterocycles. The molecule has 33 heavy (non-hydrogen) atoms. The summed E-state index contributed by atoms with van der Waals surface area (Å²) in [6, 6.07) is 15.9. The van der Waals surface area contributed by atoms with Crippen LogP contribution in [0.15, 0.2) is 67.1 Å². The normalized spacial score (nSPS) is 22.5. The van der Waals surface area contributed by atoms with E-state index in [2.05, 4.69) is 10.1 Å². The number of carbonyl (C=O) groups excluding carboxylic acids is 1. The van der Waals surface area contributed by atoms with E-state index in [0.29, 0.717) is 22.8 Å². The number of rotatable bonds is 3. The van der Waals surface area contributed by atoms with Crippen LogP contribution in [-0.2, 0) is 0 Å². The molecule has 0 bridgehead atoms. The van der Waals surface area contributed by atoms with Crippen LogP contribution in [0.1, 0.15) is 36.0 Å². The predicted molar refractivity (Wildman–Crippen MR) is 126 cm³/mol. The molecule has 1 aromatic carbocycles. The summed E-state index contributed by atoms with van der Waals surface area (Å²) in [7, 11) is 0. The first-order valence-electron chi connectivity index (χ1n) is 11.6. The number of nitrogens with zero attached hydrogens (tertiary/aromatic N) is 5.